The SMILES string of the molecule is CN(Cc1ccc(Br)s1)C(=O)CCCCCCN.Cl. The Kier molecular flexibility index (Phi) is 10.6. The van der Waals surface area contributed by atoms with Crippen molar-refractivity contribution in [1.82, 2.24) is 4.90 Å². The van der Waals surface area contributed by atoms with Crippen LogP contribution >= 0.6 is 39.7 Å². The number of carbonyl (C=O) groups is 1. The lowest BCUT2D eigenvalue weighted by Gasteiger charge is -2.16. The molecule has 1 aromatic rings. The molecule has 6 heteroatoms. The number of amides is 1. The van der Waals surface area contributed by atoms with Gasteiger partial charge >= 0.3 is 0 Å². The van der Waals surface area contributed by atoms with E-state index in [1.165, 1.54) is 4.88 Å². The molecule has 0 saturated carbocycles. The molecule has 0 fully saturated rings. The second-order valence-corrected chi connectivity index (χ2v) is 6.96. The van der Waals surface area contributed by atoms with Gasteiger partial charge in [-0.25, -0.2) is 0 Å². The van der Waals surface area contributed by atoms with E-state index < -0.39 is 0 Å². The van der Waals surface area contributed by atoms with E-state index in [0.717, 1.165) is 36.0 Å². The zero-order chi connectivity index (χ0) is 13.4. The van der Waals surface area contributed by atoms with Gasteiger partial charge in [-0.15, -0.1) is 23.7 Å². The predicted molar refractivity (Wildman–Crippen MR) is 87.9 cm³/mol. The molecule has 0 radical (unpaired) electrons. The molecule has 1 heterocycles. The van der Waals surface area contributed by atoms with Gasteiger partial charge in [-0.3, -0.25) is 4.79 Å². The van der Waals surface area contributed by atoms with Gasteiger partial charge in [0.1, 0.15) is 0 Å². The number of halogens is 2. The summed E-state index contributed by atoms with van der Waals surface area (Å²) in [7, 11) is 1.87. The van der Waals surface area contributed by atoms with E-state index in [2.05, 4.69) is 22.0 Å². The van der Waals surface area contributed by atoms with E-state index in [4.69, 9.17) is 5.73 Å². The molecule has 2 N–H and O–H groups in total. The van der Waals surface area contributed by atoms with Crippen LogP contribution in [0.2, 0.25) is 0 Å². The molecule has 19 heavy (non-hydrogen) atoms. The normalized spacial score (nSPS) is 10.1. The highest BCUT2D eigenvalue weighted by molar-refractivity contribution is 9.11. The van der Waals surface area contributed by atoms with Crippen molar-refractivity contribution in [3.63, 3.8) is 0 Å². The van der Waals surface area contributed by atoms with Crippen molar-refractivity contribution in [3.05, 3.63) is 20.8 Å². The highest BCUT2D eigenvalue weighted by atomic mass is 79.9. The van der Waals surface area contributed by atoms with Crippen molar-refractivity contribution in [2.45, 2.75) is 38.6 Å². The molecule has 1 aromatic heterocycles. The quantitative estimate of drug-likeness (QED) is 0.708. The van der Waals surface area contributed by atoms with Gasteiger partial charge in [-0.05, 0) is 47.4 Å². The molecule has 0 unspecified atom stereocenters. The highest BCUT2D eigenvalue weighted by Crippen LogP contribution is 2.23. The third-order valence-electron chi connectivity index (χ3n) is 2.79. The Balaban J connectivity index is 0.00000324. The van der Waals surface area contributed by atoms with Crippen molar-refractivity contribution in [2.24, 2.45) is 5.73 Å². The number of hydrogen-bond acceptors (Lipinski definition) is 3. The van der Waals surface area contributed by atoms with E-state index >= 15 is 0 Å². The van der Waals surface area contributed by atoms with Gasteiger partial charge in [0.2, 0.25) is 5.91 Å². The molecule has 1 amide bonds. The molecular formula is C13H22BrClN2OS. The first-order valence-corrected chi connectivity index (χ1v) is 7.92. The molecule has 0 aromatic carbocycles. The van der Waals surface area contributed by atoms with Gasteiger partial charge < -0.3 is 10.6 Å². The molecule has 0 aliphatic heterocycles. The molecule has 110 valence electrons. The lowest BCUT2D eigenvalue weighted by atomic mass is 10.1. The summed E-state index contributed by atoms with van der Waals surface area (Å²) in [5.41, 5.74) is 5.43. The fraction of sp³-hybridized carbons (Fsp3) is 0.615. The first-order valence-electron chi connectivity index (χ1n) is 6.31. The zero-order valence-corrected chi connectivity index (χ0v) is 14.5. The van der Waals surface area contributed by atoms with Crippen molar-refractivity contribution in [1.29, 1.82) is 0 Å². The maximum atomic E-state index is 11.9. The molecule has 0 atom stereocenters. The van der Waals surface area contributed by atoms with Gasteiger partial charge in [-0.2, -0.15) is 0 Å². The highest BCUT2D eigenvalue weighted by Gasteiger charge is 2.09. The number of hydrogen-bond donors (Lipinski definition) is 1. The summed E-state index contributed by atoms with van der Waals surface area (Å²) in [6, 6.07) is 4.07. The van der Waals surface area contributed by atoms with Crippen molar-refractivity contribution in [2.75, 3.05) is 13.6 Å². The number of nitrogens with two attached hydrogens (primary N) is 1. The first-order chi connectivity index (χ1) is 8.63. The summed E-state index contributed by atoms with van der Waals surface area (Å²) < 4.78 is 1.11. The van der Waals surface area contributed by atoms with Gasteiger partial charge in [0, 0.05) is 18.3 Å². The lowest BCUT2D eigenvalue weighted by Crippen LogP contribution is -2.25. The minimum atomic E-state index is 0. The third kappa shape index (κ3) is 7.92. The van der Waals surface area contributed by atoms with E-state index in [9.17, 15) is 4.79 Å². The summed E-state index contributed by atoms with van der Waals surface area (Å²) in [4.78, 5) is 14.9. The smallest absolute Gasteiger partial charge is 0.222 e. The third-order valence-corrected chi connectivity index (χ3v) is 4.40. The Morgan fingerprint density at radius 3 is 2.58 bits per heavy atom. The van der Waals surface area contributed by atoms with Crippen LogP contribution in [0.15, 0.2) is 15.9 Å². The van der Waals surface area contributed by atoms with Gasteiger partial charge in [-0.1, -0.05) is 12.8 Å². The average molecular weight is 370 g/mol. The van der Waals surface area contributed by atoms with Crippen LogP contribution in [0.5, 0.6) is 0 Å². The van der Waals surface area contributed by atoms with Crippen LogP contribution < -0.4 is 5.73 Å². The monoisotopic (exact) mass is 368 g/mol. The van der Waals surface area contributed by atoms with E-state index in [0.29, 0.717) is 13.0 Å². The Labute approximate surface area is 134 Å². The number of rotatable bonds is 8. The van der Waals surface area contributed by atoms with Crippen LogP contribution in [0, 0.1) is 0 Å². The average Bonchev–Trinajstić information content (AvgIpc) is 2.74. The minimum Gasteiger partial charge on any atom is -0.341 e. The molecule has 3 nitrogen and oxygen atoms in total. The van der Waals surface area contributed by atoms with Crippen LogP contribution in [-0.4, -0.2) is 24.4 Å². The molecular weight excluding hydrogens is 348 g/mol. The van der Waals surface area contributed by atoms with Gasteiger partial charge in [0.15, 0.2) is 0 Å². The van der Waals surface area contributed by atoms with Crippen LogP contribution in [0.3, 0.4) is 0 Å². The minimum absolute atomic E-state index is 0. The van der Waals surface area contributed by atoms with E-state index in [1.807, 2.05) is 13.1 Å². The number of nitrogens with zero attached hydrogens (tertiary/aromatic N) is 1. The second kappa shape index (κ2) is 10.7. The van der Waals surface area contributed by atoms with Crippen LogP contribution in [0.25, 0.3) is 0 Å². The zero-order valence-electron chi connectivity index (χ0n) is 11.2. The number of carbonyl (C=O) groups excluding carboxylic acids is 1. The topological polar surface area (TPSA) is 46.3 Å². The molecule has 0 bridgehead atoms. The fourth-order valence-electron chi connectivity index (χ4n) is 1.72. The molecule has 0 saturated heterocycles. The summed E-state index contributed by atoms with van der Waals surface area (Å²) in [6.07, 6.45) is 4.91. The van der Waals surface area contributed by atoms with Gasteiger partial charge in [0.25, 0.3) is 0 Å². The Bertz CT molecular complexity index is 373. The Morgan fingerprint density at radius 1 is 1.32 bits per heavy atom. The van der Waals surface area contributed by atoms with Crippen LogP contribution in [-0.2, 0) is 11.3 Å². The lowest BCUT2D eigenvalue weighted by molar-refractivity contribution is -0.130. The maximum absolute atomic E-state index is 11.9. The largest absolute Gasteiger partial charge is 0.341 e. The Morgan fingerprint density at radius 2 is 2.00 bits per heavy atom. The van der Waals surface area contributed by atoms with Crippen LogP contribution in [0.1, 0.15) is 37.0 Å². The first kappa shape index (κ1) is 18.9. The van der Waals surface area contributed by atoms with Crippen molar-refractivity contribution in [3.8, 4) is 0 Å². The summed E-state index contributed by atoms with van der Waals surface area (Å²) in [5, 5.41) is 0. The number of thiophene rings is 1. The molecule has 1 rings (SSSR count). The van der Waals surface area contributed by atoms with E-state index in [1.54, 1.807) is 16.2 Å². The number of unbranched alkanes of at least 4 members (excludes halogenated alkanes) is 3. The van der Waals surface area contributed by atoms with Crippen molar-refractivity contribution >= 4 is 45.6 Å². The predicted octanol–water partition coefficient (Wildman–Crippen LogP) is 3.80. The fourth-order valence-corrected chi connectivity index (χ4v) is 3.26. The standard InChI is InChI=1S/C13H21BrN2OS.ClH/c1-16(10-11-7-8-12(14)18-11)13(17)6-4-2-3-5-9-15;/h7-8H,2-6,9-10,15H2,1H3;1H. The second-order valence-electron chi connectivity index (χ2n) is 4.41. The molecule has 0 aliphatic rings. The van der Waals surface area contributed by atoms with Crippen LogP contribution in [0.4, 0.5) is 0 Å². The summed E-state index contributed by atoms with van der Waals surface area (Å²) >= 11 is 5.11. The summed E-state index contributed by atoms with van der Waals surface area (Å²) in [5.74, 6) is 0.229. The Hall–Kier alpha value is -0.100. The molecule has 0 aliphatic carbocycles. The maximum Gasteiger partial charge on any atom is 0.222 e. The van der Waals surface area contributed by atoms with E-state index in [-0.39, 0.29) is 18.3 Å². The van der Waals surface area contributed by atoms with Crippen molar-refractivity contribution < 1.29 is 4.79 Å². The molecule has 0 spiro atoms. The van der Waals surface area contributed by atoms with Gasteiger partial charge in [0.05, 0.1) is 10.3 Å². The summed E-state index contributed by atoms with van der Waals surface area (Å²) in [6.45, 7) is 1.46.